The topological polar surface area (TPSA) is 12.0 Å². The Bertz CT molecular complexity index is 120. The van der Waals surface area contributed by atoms with Crippen LogP contribution in [0.5, 0.6) is 0 Å². The highest BCUT2D eigenvalue weighted by Crippen LogP contribution is 2.51. The number of alkyl halides is 1. The molecule has 2 rings (SSSR count). The van der Waals surface area contributed by atoms with Crippen LogP contribution in [0.25, 0.3) is 0 Å². The zero-order chi connectivity index (χ0) is 6.32. The maximum absolute atomic E-state index is 13.0. The van der Waals surface area contributed by atoms with Crippen LogP contribution in [-0.2, 0) is 0 Å². The molecule has 0 aromatic heterocycles. The molecule has 2 fully saturated rings. The van der Waals surface area contributed by atoms with Crippen molar-refractivity contribution >= 4 is 0 Å². The molecule has 1 heterocycles. The van der Waals surface area contributed by atoms with Crippen LogP contribution >= 0.6 is 0 Å². The number of nitrogens with one attached hydrogen (secondary N) is 1. The monoisotopic (exact) mass is 129 g/mol. The van der Waals surface area contributed by atoms with Gasteiger partial charge in [-0.3, -0.25) is 0 Å². The Balaban J connectivity index is 2.03. The van der Waals surface area contributed by atoms with E-state index in [0.717, 1.165) is 32.4 Å². The van der Waals surface area contributed by atoms with E-state index < -0.39 is 6.17 Å². The fourth-order valence-electron chi connectivity index (χ4n) is 1.63. The molecule has 1 saturated heterocycles. The van der Waals surface area contributed by atoms with Crippen LogP contribution in [-0.4, -0.2) is 19.3 Å². The third-order valence-electron chi connectivity index (χ3n) is 2.61. The van der Waals surface area contributed by atoms with Crippen molar-refractivity contribution in [1.82, 2.24) is 5.32 Å². The summed E-state index contributed by atoms with van der Waals surface area (Å²) in [5.41, 5.74) is 0.109. The Morgan fingerprint density at radius 3 is 2.67 bits per heavy atom. The normalized spacial score (nSPS) is 39.0. The summed E-state index contributed by atoms with van der Waals surface area (Å²) >= 11 is 0. The lowest BCUT2D eigenvalue weighted by Crippen LogP contribution is -2.39. The molecule has 9 heavy (non-hydrogen) atoms. The Kier molecular flexibility index (Phi) is 1.06. The molecule has 2 aliphatic rings. The fraction of sp³-hybridized carbons (Fsp3) is 1.00. The second-order valence-electron chi connectivity index (χ2n) is 3.30. The summed E-state index contributed by atoms with van der Waals surface area (Å²) in [6, 6.07) is 0. The van der Waals surface area contributed by atoms with E-state index in [1.807, 2.05) is 0 Å². The summed E-state index contributed by atoms with van der Waals surface area (Å²) < 4.78 is 13.0. The average molecular weight is 129 g/mol. The van der Waals surface area contributed by atoms with E-state index in [9.17, 15) is 4.39 Å². The minimum atomic E-state index is -0.501. The second-order valence-corrected chi connectivity index (χ2v) is 3.30. The second kappa shape index (κ2) is 1.69. The van der Waals surface area contributed by atoms with Crippen LogP contribution in [0.1, 0.15) is 19.3 Å². The first-order valence-electron chi connectivity index (χ1n) is 3.68. The van der Waals surface area contributed by atoms with Gasteiger partial charge in [-0.15, -0.1) is 0 Å². The molecule has 1 aliphatic carbocycles. The molecule has 1 saturated carbocycles. The van der Waals surface area contributed by atoms with Crippen molar-refractivity contribution in [3.05, 3.63) is 0 Å². The fourth-order valence-corrected chi connectivity index (χ4v) is 1.63. The molecule has 1 nitrogen and oxygen atoms in total. The first kappa shape index (κ1) is 5.66. The van der Waals surface area contributed by atoms with Crippen LogP contribution in [0.2, 0.25) is 0 Å². The summed E-state index contributed by atoms with van der Waals surface area (Å²) in [4.78, 5) is 0. The number of hydrogen-bond acceptors (Lipinski definition) is 1. The Morgan fingerprint density at radius 2 is 2.22 bits per heavy atom. The summed E-state index contributed by atoms with van der Waals surface area (Å²) in [6.07, 6.45) is 2.46. The molecule has 52 valence electrons. The molecular formula is C7H12FN. The predicted molar refractivity (Wildman–Crippen MR) is 34.0 cm³/mol. The lowest BCUT2D eigenvalue weighted by Gasteiger charge is -2.25. The highest BCUT2D eigenvalue weighted by molar-refractivity contribution is 5.02. The molecule has 0 aromatic rings. The zero-order valence-corrected chi connectivity index (χ0v) is 5.49. The molecule has 2 heteroatoms. The Labute approximate surface area is 54.6 Å². The number of rotatable bonds is 0. The highest BCUT2D eigenvalue weighted by atomic mass is 19.1. The minimum absolute atomic E-state index is 0.109. The standard InChI is InChI=1S/C7H12FN/c8-6-1-4-9-5-7(6)2-3-7/h6,9H,1-5H2. The van der Waals surface area contributed by atoms with Crippen molar-refractivity contribution in [2.45, 2.75) is 25.4 Å². The van der Waals surface area contributed by atoms with Crippen LogP contribution in [0.4, 0.5) is 4.39 Å². The van der Waals surface area contributed by atoms with E-state index in [-0.39, 0.29) is 5.41 Å². The van der Waals surface area contributed by atoms with Crippen molar-refractivity contribution < 1.29 is 4.39 Å². The third-order valence-corrected chi connectivity index (χ3v) is 2.61. The smallest absolute Gasteiger partial charge is 0.108 e. The van der Waals surface area contributed by atoms with Gasteiger partial charge in [0.05, 0.1) is 0 Å². The van der Waals surface area contributed by atoms with Gasteiger partial charge in [0.1, 0.15) is 6.17 Å². The van der Waals surface area contributed by atoms with Gasteiger partial charge in [-0.2, -0.15) is 0 Å². The SMILES string of the molecule is FC1CCNCC12CC2. The minimum Gasteiger partial charge on any atom is -0.316 e. The summed E-state index contributed by atoms with van der Waals surface area (Å²) in [7, 11) is 0. The van der Waals surface area contributed by atoms with Crippen molar-refractivity contribution in [3.63, 3.8) is 0 Å². The molecule has 0 bridgehead atoms. The number of halogens is 1. The summed E-state index contributed by atoms with van der Waals surface area (Å²) in [5, 5.41) is 3.23. The van der Waals surface area contributed by atoms with Crippen LogP contribution in [0.3, 0.4) is 0 Å². The van der Waals surface area contributed by atoms with Crippen molar-refractivity contribution in [2.24, 2.45) is 5.41 Å². The van der Waals surface area contributed by atoms with Crippen molar-refractivity contribution in [2.75, 3.05) is 13.1 Å². The van der Waals surface area contributed by atoms with Gasteiger partial charge < -0.3 is 5.32 Å². The van der Waals surface area contributed by atoms with Gasteiger partial charge >= 0.3 is 0 Å². The first-order chi connectivity index (χ1) is 4.33. The number of hydrogen-bond donors (Lipinski definition) is 1. The Hall–Kier alpha value is -0.110. The lowest BCUT2D eigenvalue weighted by molar-refractivity contribution is 0.160. The third kappa shape index (κ3) is 0.767. The first-order valence-corrected chi connectivity index (χ1v) is 3.68. The van der Waals surface area contributed by atoms with Crippen LogP contribution < -0.4 is 5.32 Å². The van der Waals surface area contributed by atoms with E-state index in [0.29, 0.717) is 0 Å². The maximum Gasteiger partial charge on any atom is 0.108 e. The van der Waals surface area contributed by atoms with Crippen molar-refractivity contribution in [3.8, 4) is 0 Å². The molecule has 1 aliphatic heterocycles. The molecule has 1 spiro atoms. The molecule has 0 amide bonds. The molecule has 0 radical (unpaired) electrons. The van der Waals surface area contributed by atoms with Gasteiger partial charge in [0.2, 0.25) is 0 Å². The quantitative estimate of drug-likeness (QED) is 0.516. The van der Waals surface area contributed by atoms with Crippen LogP contribution in [0.15, 0.2) is 0 Å². The van der Waals surface area contributed by atoms with Gasteiger partial charge in [0.15, 0.2) is 0 Å². The largest absolute Gasteiger partial charge is 0.316 e. The molecular weight excluding hydrogens is 117 g/mol. The average Bonchev–Trinajstić information content (AvgIpc) is 2.60. The van der Waals surface area contributed by atoms with E-state index in [2.05, 4.69) is 5.32 Å². The van der Waals surface area contributed by atoms with E-state index in [1.54, 1.807) is 0 Å². The van der Waals surface area contributed by atoms with Gasteiger partial charge in [-0.25, -0.2) is 4.39 Å². The van der Waals surface area contributed by atoms with Gasteiger partial charge in [0, 0.05) is 12.0 Å². The van der Waals surface area contributed by atoms with Crippen molar-refractivity contribution in [1.29, 1.82) is 0 Å². The van der Waals surface area contributed by atoms with Gasteiger partial charge in [0.25, 0.3) is 0 Å². The van der Waals surface area contributed by atoms with E-state index in [4.69, 9.17) is 0 Å². The van der Waals surface area contributed by atoms with Crippen LogP contribution in [0, 0.1) is 5.41 Å². The Morgan fingerprint density at radius 1 is 1.44 bits per heavy atom. The summed E-state index contributed by atoms with van der Waals surface area (Å²) in [5.74, 6) is 0. The van der Waals surface area contributed by atoms with Gasteiger partial charge in [-0.1, -0.05) is 0 Å². The lowest BCUT2D eigenvalue weighted by atomic mass is 9.94. The molecule has 0 aromatic carbocycles. The maximum atomic E-state index is 13.0. The molecule has 1 unspecified atom stereocenters. The van der Waals surface area contributed by atoms with E-state index in [1.165, 1.54) is 0 Å². The van der Waals surface area contributed by atoms with Gasteiger partial charge in [-0.05, 0) is 25.8 Å². The predicted octanol–water partition coefficient (Wildman–Crippen LogP) is 1.10. The number of piperidine rings is 1. The zero-order valence-electron chi connectivity index (χ0n) is 5.49. The molecule has 1 atom stereocenters. The highest BCUT2D eigenvalue weighted by Gasteiger charge is 2.50. The summed E-state index contributed by atoms with van der Waals surface area (Å²) in [6.45, 7) is 1.80. The van der Waals surface area contributed by atoms with E-state index >= 15 is 0 Å². The molecule has 1 N–H and O–H groups in total.